The Kier molecular flexibility index (Phi) is 4.53. The van der Waals surface area contributed by atoms with Crippen LogP contribution in [0, 0.1) is 19.8 Å². The Morgan fingerprint density at radius 1 is 1.47 bits per heavy atom. The van der Waals surface area contributed by atoms with E-state index in [1.165, 1.54) is 0 Å². The molecule has 0 radical (unpaired) electrons. The number of hydrogen-bond acceptors (Lipinski definition) is 2. The van der Waals surface area contributed by atoms with Crippen LogP contribution in [0.25, 0.3) is 0 Å². The van der Waals surface area contributed by atoms with Gasteiger partial charge in [0.2, 0.25) is 5.91 Å². The Morgan fingerprint density at radius 3 is 2.95 bits per heavy atom. The van der Waals surface area contributed by atoms with E-state index in [2.05, 4.69) is 5.32 Å². The molecule has 0 saturated carbocycles. The summed E-state index contributed by atoms with van der Waals surface area (Å²) in [5, 5.41) is 2.94. The predicted octanol–water partition coefficient (Wildman–Crippen LogP) is 2.53. The number of benzene rings is 1. The highest BCUT2D eigenvalue weighted by Gasteiger charge is 2.23. The molecule has 2 rings (SSSR count). The molecule has 1 aliphatic rings. The molecule has 0 aromatic heterocycles. The van der Waals surface area contributed by atoms with Crippen LogP contribution in [0.1, 0.15) is 17.5 Å². The summed E-state index contributed by atoms with van der Waals surface area (Å²) >= 11 is 0. The highest BCUT2D eigenvalue weighted by Crippen LogP contribution is 2.19. The maximum Gasteiger partial charge on any atom is 0.238 e. The lowest BCUT2D eigenvalue weighted by Gasteiger charge is -2.16. The number of nitrogens with zero attached hydrogens (tertiary/aromatic N) is 1. The summed E-state index contributed by atoms with van der Waals surface area (Å²) in [5.74, 6) is 0.0849. The molecule has 104 valence electrons. The van der Waals surface area contributed by atoms with Gasteiger partial charge in [0.15, 0.2) is 0 Å². The van der Waals surface area contributed by atoms with Crippen LogP contribution in [0.15, 0.2) is 18.2 Å². The summed E-state index contributed by atoms with van der Waals surface area (Å²) in [5.41, 5.74) is 3.13. The van der Waals surface area contributed by atoms with E-state index in [1.54, 1.807) is 0 Å². The number of aryl methyl sites for hydroxylation is 1. The summed E-state index contributed by atoms with van der Waals surface area (Å²) in [7, 11) is 0. The molecule has 1 aromatic carbocycles. The fourth-order valence-electron chi connectivity index (χ4n) is 2.46. The van der Waals surface area contributed by atoms with E-state index in [0.29, 0.717) is 13.1 Å². The van der Waals surface area contributed by atoms with Gasteiger partial charge in [0.1, 0.15) is 0 Å². The van der Waals surface area contributed by atoms with Crippen molar-refractivity contribution in [2.24, 2.45) is 5.92 Å². The minimum atomic E-state index is -0.283. The number of alkyl halides is 1. The van der Waals surface area contributed by atoms with Crippen molar-refractivity contribution in [2.45, 2.75) is 20.3 Å². The van der Waals surface area contributed by atoms with Crippen LogP contribution < -0.4 is 5.32 Å². The van der Waals surface area contributed by atoms with Gasteiger partial charge in [0.05, 0.1) is 13.2 Å². The number of amides is 1. The first-order valence-electron chi connectivity index (χ1n) is 6.74. The van der Waals surface area contributed by atoms with Gasteiger partial charge in [0, 0.05) is 18.2 Å². The molecule has 1 atom stereocenters. The summed E-state index contributed by atoms with van der Waals surface area (Å²) in [6, 6.07) is 5.87. The van der Waals surface area contributed by atoms with Crippen molar-refractivity contribution in [3.05, 3.63) is 29.3 Å². The molecule has 1 amide bonds. The van der Waals surface area contributed by atoms with Crippen LogP contribution in [0.4, 0.5) is 10.1 Å². The molecule has 1 aliphatic heterocycles. The molecule has 0 spiro atoms. The molecule has 4 heteroatoms. The number of likely N-dealkylation sites (tertiary alicyclic amines) is 1. The van der Waals surface area contributed by atoms with E-state index in [4.69, 9.17) is 0 Å². The van der Waals surface area contributed by atoms with Gasteiger partial charge in [-0.25, -0.2) is 0 Å². The van der Waals surface area contributed by atoms with E-state index >= 15 is 0 Å². The lowest BCUT2D eigenvalue weighted by molar-refractivity contribution is -0.117. The molecule has 0 bridgehead atoms. The van der Waals surface area contributed by atoms with Gasteiger partial charge in [-0.1, -0.05) is 12.1 Å². The highest BCUT2D eigenvalue weighted by molar-refractivity contribution is 5.93. The van der Waals surface area contributed by atoms with E-state index in [1.807, 2.05) is 36.9 Å². The van der Waals surface area contributed by atoms with Crippen LogP contribution in [0.5, 0.6) is 0 Å². The second kappa shape index (κ2) is 6.15. The summed E-state index contributed by atoms with van der Waals surface area (Å²) in [6.45, 7) is 5.60. The van der Waals surface area contributed by atoms with Gasteiger partial charge in [-0.2, -0.15) is 0 Å². The zero-order valence-corrected chi connectivity index (χ0v) is 11.6. The Hall–Kier alpha value is -1.42. The number of carbonyl (C=O) groups is 1. The lowest BCUT2D eigenvalue weighted by Crippen LogP contribution is -2.32. The van der Waals surface area contributed by atoms with Crippen molar-refractivity contribution >= 4 is 11.6 Å². The minimum Gasteiger partial charge on any atom is -0.325 e. The van der Waals surface area contributed by atoms with Gasteiger partial charge in [-0.05, 0) is 44.0 Å². The van der Waals surface area contributed by atoms with Crippen molar-refractivity contribution in [3.8, 4) is 0 Å². The third-order valence-corrected chi connectivity index (χ3v) is 3.83. The third-order valence-electron chi connectivity index (χ3n) is 3.83. The first kappa shape index (κ1) is 14.0. The molecule has 1 aromatic rings. The van der Waals surface area contributed by atoms with Gasteiger partial charge >= 0.3 is 0 Å². The number of carbonyl (C=O) groups excluding carboxylic acids is 1. The Bertz CT molecular complexity index is 461. The van der Waals surface area contributed by atoms with E-state index in [0.717, 1.165) is 29.8 Å². The van der Waals surface area contributed by atoms with Crippen LogP contribution in [0.2, 0.25) is 0 Å². The van der Waals surface area contributed by atoms with Crippen LogP contribution >= 0.6 is 0 Å². The topological polar surface area (TPSA) is 32.3 Å². The Balaban J connectivity index is 1.89. The number of halogens is 1. The molecule has 1 N–H and O–H groups in total. The quantitative estimate of drug-likeness (QED) is 0.906. The van der Waals surface area contributed by atoms with Crippen LogP contribution in [-0.2, 0) is 4.79 Å². The van der Waals surface area contributed by atoms with Gasteiger partial charge < -0.3 is 5.32 Å². The zero-order chi connectivity index (χ0) is 13.8. The number of hydrogen-bond donors (Lipinski definition) is 1. The molecule has 1 saturated heterocycles. The molecular formula is C15H21FN2O. The average molecular weight is 264 g/mol. The first-order valence-corrected chi connectivity index (χ1v) is 6.74. The number of nitrogens with one attached hydrogen (secondary N) is 1. The third kappa shape index (κ3) is 3.53. The minimum absolute atomic E-state index is 0.0202. The molecule has 1 heterocycles. The van der Waals surface area contributed by atoms with Gasteiger partial charge in [-0.3, -0.25) is 14.1 Å². The van der Waals surface area contributed by atoms with Crippen molar-refractivity contribution in [2.75, 3.05) is 31.6 Å². The summed E-state index contributed by atoms with van der Waals surface area (Å²) in [6.07, 6.45) is 0.854. The SMILES string of the molecule is Cc1cccc(NC(=O)CN2CCC(CF)C2)c1C. The van der Waals surface area contributed by atoms with E-state index < -0.39 is 0 Å². The van der Waals surface area contributed by atoms with Gasteiger partial charge in [0.25, 0.3) is 0 Å². The smallest absolute Gasteiger partial charge is 0.238 e. The average Bonchev–Trinajstić information content (AvgIpc) is 2.82. The molecule has 1 fully saturated rings. The highest BCUT2D eigenvalue weighted by atomic mass is 19.1. The van der Waals surface area contributed by atoms with Crippen molar-refractivity contribution in [1.29, 1.82) is 0 Å². The number of rotatable bonds is 4. The van der Waals surface area contributed by atoms with Crippen LogP contribution in [-0.4, -0.2) is 37.1 Å². The second-order valence-corrected chi connectivity index (χ2v) is 5.34. The first-order chi connectivity index (χ1) is 9.10. The molecule has 0 aliphatic carbocycles. The summed E-state index contributed by atoms with van der Waals surface area (Å²) < 4.78 is 12.5. The molecule has 1 unspecified atom stereocenters. The molecular weight excluding hydrogens is 243 g/mol. The monoisotopic (exact) mass is 264 g/mol. The summed E-state index contributed by atoms with van der Waals surface area (Å²) in [4.78, 5) is 14.0. The maximum absolute atomic E-state index is 12.5. The predicted molar refractivity (Wildman–Crippen MR) is 75.1 cm³/mol. The van der Waals surface area contributed by atoms with Crippen molar-refractivity contribution < 1.29 is 9.18 Å². The fraction of sp³-hybridized carbons (Fsp3) is 0.533. The molecule has 3 nitrogen and oxygen atoms in total. The Labute approximate surface area is 113 Å². The largest absolute Gasteiger partial charge is 0.325 e. The maximum atomic E-state index is 12.5. The Morgan fingerprint density at radius 2 is 2.26 bits per heavy atom. The van der Waals surface area contributed by atoms with Crippen molar-refractivity contribution in [3.63, 3.8) is 0 Å². The standard InChI is InChI=1S/C15H21FN2O/c1-11-4-3-5-14(12(11)2)17-15(19)10-18-7-6-13(8-16)9-18/h3-5,13H,6-10H2,1-2H3,(H,17,19). The van der Waals surface area contributed by atoms with E-state index in [9.17, 15) is 9.18 Å². The number of anilines is 1. The second-order valence-electron chi connectivity index (χ2n) is 5.34. The molecule has 19 heavy (non-hydrogen) atoms. The zero-order valence-electron chi connectivity index (χ0n) is 11.6. The normalized spacial score (nSPS) is 19.6. The lowest BCUT2D eigenvalue weighted by atomic mass is 10.1. The fourth-order valence-corrected chi connectivity index (χ4v) is 2.46. The van der Waals surface area contributed by atoms with Crippen LogP contribution in [0.3, 0.4) is 0 Å². The van der Waals surface area contributed by atoms with E-state index in [-0.39, 0.29) is 18.5 Å². The van der Waals surface area contributed by atoms with Crippen molar-refractivity contribution in [1.82, 2.24) is 4.90 Å². The van der Waals surface area contributed by atoms with Gasteiger partial charge in [-0.15, -0.1) is 0 Å².